The molecule has 4 nitrogen and oxygen atoms in total. The highest BCUT2D eigenvalue weighted by molar-refractivity contribution is 6.00. The van der Waals surface area contributed by atoms with Crippen molar-refractivity contribution in [2.75, 3.05) is 7.05 Å². The zero-order chi connectivity index (χ0) is 14.7. The van der Waals surface area contributed by atoms with Gasteiger partial charge in [-0.15, -0.1) is 0 Å². The fourth-order valence-corrected chi connectivity index (χ4v) is 4.99. The van der Waals surface area contributed by atoms with E-state index in [2.05, 4.69) is 26.1 Å². The van der Waals surface area contributed by atoms with Gasteiger partial charge in [-0.1, -0.05) is 20.8 Å². The number of fused-ring (bicyclic) bond motifs is 2. The summed E-state index contributed by atoms with van der Waals surface area (Å²) < 4.78 is 0. The van der Waals surface area contributed by atoms with Crippen molar-refractivity contribution in [3.8, 4) is 0 Å². The lowest BCUT2D eigenvalue weighted by Gasteiger charge is -2.45. The van der Waals surface area contributed by atoms with Gasteiger partial charge in [-0.05, 0) is 42.4 Å². The van der Waals surface area contributed by atoms with Crippen molar-refractivity contribution >= 4 is 11.8 Å². The number of amides is 2. The topological polar surface area (TPSA) is 49.4 Å². The minimum absolute atomic E-state index is 0.0496. The van der Waals surface area contributed by atoms with Crippen LogP contribution in [0.3, 0.4) is 0 Å². The second kappa shape index (κ2) is 4.30. The molecule has 3 aliphatic rings. The van der Waals surface area contributed by atoms with Crippen LogP contribution in [0.15, 0.2) is 0 Å². The average Bonchev–Trinajstić information content (AvgIpc) is 2.85. The number of hydrogen-bond acceptors (Lipinski definition) is 3. The van der Waals surface area contributed by atoms with E-state index in [1.54, 1.807) is 7.05 Å². The minimum atomic E-state index is -0.182. The zero-order valence-electron chi connectivity index (χ0n) is 13.0. The Morgan fingerprint density at radius 3 is 2.50 bits per heavy atom. The largest absolute Gasteiger partial charge is 0.302 e. The van der Waals surface area contributed by atoms with Crippen LogP contribution in [0.2, 0.25) is 0 Å². The number of likely N-dealkylation sites (tertiary alicyclic amines) is 1. The van der Waals surface area contributed by atoms with Crippen LogP contribution in [0.1, 0.15) is 52.9 Å². The van der Waals surface area contributed by atoms with E-state index in [-0.39, 0.29) is 23.3 Å². The van der Waals surface area contributed by atoms with Crippen LogP contribution in [0.4, 0.5) is 0 Å². The van der Waals surface area contributed by atoms with E-state index in [4.69, 9.17) is 0 Å². The molecule has 3 rings (SSSR count). The normalized spacial score (nSPS) is 43.4. The van der Waals surface area contributed by atoms with E-state index in [0.717, 1.165) is 5.92 Å². The van der Waals surface area contributed by atoms with E-state index in [1.807, 2.05) is 0 Å². The summed E-state index contributed by atoms with van der Waals surface area (Å²) >= 11 is 0. The summed E-state index contributed by atoms with van der Waals surface area (Å²) in [7, 11) is 1.60. The smallest absolute Gasteiger partial charge is 0.246 e. The highest BCUT2D eigenvalue weighted by Crippen LogP contribution is 2.62. The minimum Gasteiger partial charge on any atom is -0.302 e. The van der Waals surface area contributed by atoms with Crippen LogP contribution < -0.4 is 5.32 Å². The first kappa shape index (κ1) is 14.1. The van der Waals surface area contributed by atoms with Gasteiger partial charge in [0.25, 0.3) is 0 Å². The number of nitrogens with one attached hydrogen (secondary N) is 1. The molecule has 2 unspecified atom stereocenters. The first-order valence-electron chi connectivity index (χ1n) is 7.82. The molecule has 0 spiro atoms. The summed E-state index contributed by atoms with van der Waals surface area (Å²) in [6.45, 7) is 7.03. The van der Waals surface area contributed by atoms with Crippen LogP contribution in [0.25, 0.3) is 0 Å². The van der Waals surface area contributed by atoms with Gasteiger partial charge in [0.15, 0.2) is 0 Å². The van der Waals surface area contributed by atoms with Crippen LogP contribution >= 0.6 is 0 Å². The molecule has 1 N–H and O–H groups in total. The quantitative estimate of drug-likeness (QED) is 0.785. The Kier molecular flexibility index (Phi) is 3.02. The van der Waals surface area contributed by atoms with E-state index in [1.165, 1.54) is 24.2 Å². The lowest BCUT2D eigenvalue weighted by molar-refractivity contribution is -0.148. The van der Waals surface area contributed by atoms with Crippen LogP contribution in [0.5, 0.6) is 0 Å². The molecule has 4 heteroatoms. The summed E-state index contributed by atoms with van der Waals surface area (Å²) in [5.74, 6) is 0.665. The SMILES string of the molecule is CN1C(=O)CCC(NC2C(C)(C)[C@H]3CC[C@]2(C)C3)C1=O. The van der Waals surface area contributed by atoms with Crippen molar-refractivity contribution in [1.82, 2.24) is 10.2 Å². The third-order valence-corrected chi connectivity index (χ3v) is 6.29. The molecule has 2 amide bonds. The number of rotatable bonds is 2. The number of imide groups is 1. The van der Waals surface area contributed by atoms with Crippen molar-refractivity contribution in [3.05, 3.63) is 0 Å². The molecule has 2 bridgehead atoms. The molecular formula is C16H26N2O2. The van der Waals surface area contributed by atoms with Gasteiger partial charge in [0.1, 0.15) is 0 Å². The maximum absolute atomic E-state index is 12.3. The van der Waals surface area contributed by atoms with Crippen molar-refractivity contribution < 1.29 is 9.59 Å². The van der Waals surface area contributed by atoms with Crippen molar-refractivity contribution in [2.24, 2.45) is 16.7 Å². The van der Waals surface area contributed by atoms with Crippen LogP contribution in [0, 0.1) is 16.7 Å². The van der Waals surface area contributed by atoms with Gasteiger partial charge in [-0.2, -0.15) is 0 Å². The first-order valence-corrected chi connectivity index (χ1v) is 7.82. The number of hydrogen-bond donors (Lipinski definition) is 1. The van der Waals surface area contributed by atoms with Gasteiger partial charge in [-0.25, -0.2) is 0 Å². The fourth-order valence-electron chi connectivity index (χ4n) is 4.99. The Balaban J connectivity index is 1.78. The van der Waals surface area contributed by atoms with E-state index >= 15 is 0 Å². The molecule has 0 aromatic heterocycles. The average molecular weight is 278 g/mol. The van der Waals surface area contributed by atoms with E-state index in [0.29, 0.717) is 24.3 Å². The summed E-state index contributed by atoms with van der Waals surface area (Å²) in [4.78, 5) is 25.2. The highest BCUT2D eigenvalue weighted by Gasteiger charge is 2.59. The first-order chi connectivity index (χ1) is 9.25. The Morgan fingerprint density at radius 2 is 1.90 bits per heavy atom. The summed E-state index contributed by atoms with van der Waals surface area (Å²) in [6.07, 6.45) is 4.98. The molecule has 0 aromatic rings. The molecule has 4 atom stereocenters. The molecule has 0 aromatic carbocycles. The van der Waals surface area contributed by atoms with Crippen LogP contribution in [-0.2, 0) is 9.59 Å². The number of carbonyl (C=O) groups is 2. The zero-order valence-corrected chi connectivity index (χ0v) is 13.0. The summed E-state index contributed by atoms with van der Waals surface area (Å²) in [6, 6.07) is 0.197. The number of piperidine rings is 1. The van der Waals surface area contributed by atoms with Crippen molar-refractivity contribution in [2.45, 2.75) is 65.0 Å². The molecule has 1 aliphatic heterocycles. The molecule has 2 aliphatic carbocycles. The maximum atomic E-state index is 12.3. The molecule has 0 radical (unpaired) electrons. The van der Waals surface area contributed by atoms with Gasteiger partial charge in [0, 0.05) is 19.5 Å². The molecule has 20 heavy (non-hydrogen) atoms. The van der Waals surface area contributed by atoms with Crippen molar-refractivity contribution in [3.63, 3.8) is 0 Å². The predicted octanol–water partition coefficient (Wildman–Crippen LogP) is 1.94. The monoisotopic (exact) mass is 278 g/mol. The Morgan fingerprint density at radius 1 is 1.20 bits per heavy atom. The molecule has 1 heterocycles. The molecule has 3 fully saturated rings. The third-order valence-electron chi connectivity index (χ3n) is 6.29. The van der Waals surface area contributed by atoms with Gasteiger partial charge in [-0.3, -0.25) is 14.5 Å². The maximum Gasteiger partial charge on any atom is 0.246 e. The Hall–Kier alpha value is -0.900. The van der Waals surface area contributed by atoms with Crippen molar-refractivity contribution in [1.29, 1.82) is 0 Å². The van der Waals surface area contributed by atoms with E-state index < -0.39 is 0 Å². The molecule has 2 saturated carbocycles. The molecule has 112 valence electrons. The Labute approximate surface area is 121 Å². The van der Waals surface area contributed by atoms with Crippen LogP contribution in [-0.4, -0.2) is 35.8 Å². The standard InChI is InChI=1S/C16H26N2O2/c1-15(2)10-7-8-16(3,9-10)14(15)17-11-5-6-12(19)18(4)13(11)20/h10-11,14,17H,5-9H2,1-4H3/t10-,11?,14?,16+/m0/s1. The van der Waals surface area contributed by atoms with Gasteiger partial charge in [0.2, 0.25) is 11.8 Å². The second-order valence-corrected chi connectivity index (χ2v) is 7.90. The van der Waals surface area contributed by atoms with E-state index in [9.17, 15) is 9.59 Å². The number of carbonyl (C=O) groups excluding carboxylic acids is 2. The number of nitrogens with zero attached hydrogens (tertiary/aromatic N) is 1. The van der Waals surface area contributed by atoms with Gasteiger partial charge >= 0.3 is 0 Å². The van der Waals surface area contributed by atoms with Gasteiger partial charge < -0.3 is 5.32 Å². The molecular weight excluding hydrogens is 252 g/mol. The molecule has 1 saturated heterocycles. The lowest BCUT2D eigenvalue weighted by atomic mass is 9.68. The van der Waals surface area contributed by atoms with Gasteiger partial charge in [0.05, 0.1) is 6.04 Å². The second-order valence-electron chi connectivity index (χ2n) is 7.90. The summed E-state index contributed by atoms with van der Waals surface area (Å²) in [5.41, 5.74) is 0.557. The third kappa shape index (κ3) is 1.84. The highest BCUT2D eigenvalue weighted by atomic mass is 16.2. The lowest BCUT2D eigenvalue weighted by Crippen LogP contribution is -2.59. The Bertz CT molecular complexity index is 455. The number of likely N-dealkylation sites (N-methyl/N-ethyl adjacent to an activating group) is 1. The summed E-state index contributed by atoms with van der Waals surface area (Å²) in [5, 5.41) is 3.64. The fraction of sp³-hybridized carbons (Fsp3) is 0.875. The predicted molar refractivity (Wildman–Crippen MR) is 77.0 cm³/mol.